The van der Waals surface area contributed by atoms with E-state index in [1.807, 2.05) is 32.0 Å². The Hall–Kier alpha value is -1.39. The minimum atomic E-state index is -0.476. The van der Waals surface area contributed by atoms with Crippen molar-refractivity contribution >= 4 is 5.97 Å². The lowest BCUT2D eigenvalue weighted by Crippen LogP contribution is -2.58. The van der Waals surface area contributed by atoms with Crippen molar-refractivity contribution in [3.05, 3.63) is 35.9 Å². The summed E-state index contributed by atoms with van der Waals surface area (Å²) in [6, 6.07) is 10.1. The highest BCUT2D eigenvalue weighted by Crippen LogP contribution is 2.40. The molecule has 3 rings (SSSR count). The van der Waals surface area contributed by atoms with Crippen LogP contribution in [0.4, 0.5) is 0 Å². The number of esters is 1. The third-order valence-electron chi connectivity index (χ3n) is 4.66. The van der Waals surface area contributed by atoms with Gasteiger partial charge >= 0.3 is 5.97 Å². The second-order valence-corrected chi connectivity index (χ2v) is 6.17. The molecule has 0 spiro atoms. The lowest BCUT2D eigenvalue weighted by Gasteiger charge is -2.48. The topological polar surface area (TPSA) is 44.8 Å². The molecule has 2 heterocycles. The zero-order valence-corrected chi connectivity index (χ0v) is 12.7. The van der Waals surface area contributed by atoms with E-state index in [4.69, 9.17) is 14.2 Å². The van der Waals surface area contributed by atoms with Crippen LogP contribution in [-0.2, 0) is 25.6 Å². The summed E-state index contributed by atoms with van der Waals surface area (Å²) in [6.45, 7) is 6.56. The van der Waals surface area contributed by atoms with Gasteiger partial charge in [-0.2, -0.15) is 0 Å². The minimum absolute atomic E-state index is 0.0320. The van der Waals surface area contributed by atoms with Crippen LogP contribution in [0.3, 0.4) is 0 Å². The van der Waals surface area contributed by atoms with Crippen molar-refractivity contribution in [3.8, 4) is 0 Å². The van der Waals surface area contributed by atoms with E-state index < -0.39 is 6.29 Å². The van der Waals surface area contributed by atoms with Gasteiger partial charge in [-0.05, 0) is 12.5 Å². The Balaban J connectivity index is 1.71. The molecule has 2 bridgehead atoms. The SMILES string of the molecule is C[C@@H]1[C@@H]2OC(=O)[C@H](C)[C@@H](O2)[C@H](C)[C@@H]1OCc1ccccc1. The molecule has 21 heavy (non-hydrogen) atoms. The number of rotatable bonds is 3. The molecule has 2 fully saturated rings. The molecule has 114 valence electrons. The first-order chi connectivity index (χ1) is 10.1. The van der Waals surface area contributed by atoms with Gasteiger partial charge in [0, 0.05) is 11.8 Å². The van der Waals surface area contributed by atoms with Gasteiger partial charge in [-0.25, -0.2) is 0 Å². The number of hydrogen-bond donors (Lipinski definition) is 0. The van der Waals surface area contributed by atoms with Gasteiger partial charge in [0.25, 0.3) is 0 Å². The normalized spacial score (nSPS) is 38.9. The molecular formula is C17H22O4. The monoisotopic (exact) mass is 290 g/mol. The molecule has 1 aromatic carbocycles. The van der Waals surface area contributed by atoms with E-state index in [1.54, 1.807) is 0 Å². The Morgan fingerprint density at radius 1 is 1.10 bits per heavy atom. The molecule has 4 heteroatoms. The van der Waals surface area contributed by atoms with Crippen molar-refractivity contribution in [2.75, 3.05) is 0 Å². The van der Waals surface area contributed by atoms with E-state index in [0.29, 0.717) is 6.61 Å². The first-order valence-corrected chi connectivity index (χ1v) is 7.59. The molecule has 0 N–H and O–H groups in total. The van der Waals surface area contributed by atoms with Gasteiger partial charge in [0.15, 0.2) is 0 Å². The summed E-state index contributed by atoms with van der Waals surface area (Å²) in [5.74, 6) is -0.178. The summed E-state index contributed by atoms with van der Waals surface area (Å²) in [4.78, 5) is 11.8. The Bertz CT molecular complexity index is 501. The molecule has 4 nitrogen and oxygen atoms in total. The third kappa shape index (κ3) is 2.70. The average molecular weight is 290 g/mol. The standard InChI is InChI=1S/C17H22O4/c1-10-14(19-9-13-7-5-4-6-8-13)12(3)17-20-15(10)11(2)16(18)21-17/h4-8,10-12,14-15,17H,9H2,1-3H3/t10-,11-,12+,14+,15+,17+/m1/s1. The molecule has 1 aromatic rings. The first-order valence-electron chi connectivity index (χ1n) is 7.59. The fourth-order valence-corrected chi connectivity index (χ4v) is 3.36. The van der Waals surface area contributed by atoms with Gasteiger partial charge < -0.3 is 14.2 Å². The molecule has 2 saturated heterocycles. The van der Waals surface area contributed by atoms with E-state index in [0.717, 1.165) is 5.56 Å². The minimum Gasteiger partial charge on any atom is -0.435 e. The summed E-state index contributed by atoms with van der Waals surface area (Å²) in [5.41, 5.74) is 1.15. The highest BCUT2D eigenvalue weighted by molar-refractivity contribution is 5.73. The molecule has 0 aliphatic carbocycles. The van der Waals surface area contributed by atoms with Crippen LogP contribution in [0.2, 0.25) is 0 Å². The molecular weight excluding hydrogens is 268 g/mol. The smallest absolute Gasteiger partial charge is 0.313 e. The van der Waals surface area contributed by atoms with Crippen LogP contribution in [0.5, 0.6) is 0 Å². The van der Waals surface area contributed by atoms with Crippen LogP contribution < -0.4 is 0 Å². The number of fused-ring (bicyclic) bond motifs is 2. The molecule has 2 aliphatic rings. The number of carbonyl (C=O) groups excluding carboxylic acids is 1. The van der Waals surface area contributed by atoms with Crippen molar-refractivity contribution in [2.24, 2.45) is 17.8 Å². The van der Waals surface area contributed by atoms with E-state index in [-0.39, 0.29) is 35.9 Å². The maximum Gasteiger partial charge on any atom is 0.313 e. The zero-order chi connectivity index (χ0) is 15.0. The number of hydrogen-bond acceptors (Lipinski definition) is 4. The largest absolute Gasteiger partial charge is 0.435 e. The molecule has 0 saturated carbocycles. The van der Waals surface area contributed by atoms with E-state index in [9.17, 15) is 4.79 Å². The maximum atomic E-state index is 11.8. The van der Waals surface area contributed by atoms with E-state index in [1.165, 1.54) is 0 Å². The molecule has 0 aromatic heterocycles. The Morgan fingerprint density at radius 2 is 1.81 bits per heavy atom. The van der Waals surface area contributed by atoms with Crippen LogP contribution in [-0.4, -0.2) is 24.5 Å². The number of carbonyl (C=O) groups is 1. The highest BCUT2D eigenvalue weighted by atomic mass is 16.7. The molecule has 6 atom stereocenters. The fraction of sp³-hybridized carbons (Fsp3) is 0.588. The number of benzene rings is 1. The lowest BCUT2D eigenvalue weighted by molar-refractivity contribution is -0.297. The van der Waals surface area contributed by atoms with E-state index >= 15 is 0 Å². The average Bonchev–Trinajstić information content (AvgIpc) is 2.49. The second-order valence-electron chi connectivity index (χ2n) is 6.17. The quantitative estimate of drug-likeness (QED) is 0.803. The molecule has 0 radical (unpaired) electrons. The maximum absolute atomic E-state index is 11.8. The lowest BCUT2D eigenvalue weighted by atomic mass is 9.79. The van der Waals surface area contributed by atoms with Crippen LogP contribution in [0.15, 0.2) is 30.3 Å². The Kier molecular flexibility index (Phi) is 4.00. The second kappa shape index (κ2) is 5.78. The van der Waals surface area contributed by atoms with Crippen molar-refractivity contribution < 1.29 is 19.0 Å². The highest BCUT2D eigenvalue weighted by Gasteiger charge is 2.51. The fourth-order valence-electron chi connectivity index (χ4n) is 3.36. The third-order valence-corrected chi connectivity index (χ3v) is 4.66. The van der Waals surface area contributed by atoms with Crippen LogP contribution >= 0.6 is 0 Å². The first kappa shape index (κ1) is 14.5. The number of ether oxygens (including phenoxy) is 3. The summed E-state index contributed by atoms with van der Waals surface area (Å²) in [5, 5.41) is 0. The van der Waals surface area contributed by atoms with Gasteiger partial charge in [0.05, 0.1) is 24.7 Å². The zero-order valence-electron chi connectivity index (χ0n) is 12.7. The van der Waals surface area contributed by atoms with Crippen LogP contribution in [0.25, 0.3) is 0 Å². The van der Waals surface area contributed by atoms with Gasteiger partial charge in [0.1, 0.15) is 0 Å². The van der Waals surface area contributed by atoms with Gasteiger partial charge in [-0.3, -0.25) is 4.79 Å². The summed E-state index contributed by atoms with van der Waals surface area (Å²) in [7, 11) is 0. The van der Waals surface area contributed by atoms with Crippen molar-refractivity contribution in [3.63, 3.8) is 0 Å². The van der Waals surface area contributed by atoms with Crippen LogP contribution in [0.1, 0.15) is 26.3 Å². The molecule has 2 aliphatic heterocycles. The Labute approximate surface area is 125 Å². The van der Waals surface area contributed by atoms with E-state index in [2.05, 4.69) is 19.1 Å². The van der Waals surface area contributed by atoms with Crippen molar-refractivity contribution in [1.82, 2.24) is 0 Å². The van der Waals surface area contributed by atoms with Gasteiger partial charge in [-0.1, -0.05) is 44.2 Å². The van der Waals surface area contributed by atoms with Gasteiger partial charge in [-0.15, -0.1) is 0 Å². The molecule has 0 unspecified atom stereocenters. The molecule has 0 amide bonds. The van der Waals surface area contributed by atoms with Crippen molar-refractivity contribution in [2.45, 2.75) is 45.9 Å². The Morgan fingerprint density at radius 3 is 2.52 bits per heavy atom. The van der Waals surface area contributed by atoms with Crippen LogP contribution in [0, 0.1) is 17.8 Å². The summed E-state index contributed by atoms with van der Waals surface area (Å²) < 4.78 is 17.4. The predicted molar refractivity (Wildman–Crippen MR) is 77.3 cm³/mol. The van der Waals surface area contributed by atoms with Gasteiger partial charge in [0.2, 0.25) is 6.29 Å². The predicted octanol–water partition coefficient (Wildman–Crippen LogP) is 2.76. The summed E-state index contributed by atoms with van der Waals surface area (Å²) in [6.07, 6.45) is -0.562. The summed E-state index contributed by atoms with van der Waals surface area (Å²) >= 11 is 0. The van der Waals surface area contributed by atoms with Crippen molar-refractivity contribution in [1.29, 1.82) is 0 Å².